The highest BCUT2D eigenvalue weighted by Crippen LogP contribution is 2.23. The molecule has 4 nitrogen and oxygen atoms in total. The van der Waals surface area contributed by atoms with Crippen molar-refractivity contribution in [3.8, 4) is 6.07 Å². The van der Waals surface area contributed by atoms with Crippen LogP contribution in [0, 0.1) is 30.6 Å². The molecule has 0 bridgehead atoms. The number of nitrogens with one attached hydrogen (secondary N) is 3. The van der Waals surface area contributed by atoms with Gasteiger partial charge in [0, 0.05) is 35.6 Å². The summed E-state index contributed by atoms with van der Waals surface area (Å²) in [6, 6.07) is 14.0. The minimum Gasteiger partial charge on any atom is -0.359 e. The van der Waals surface area contributed by atoms with Crippen LogP contribution in [0.1, 0.15) is 41.2 Å². The molecule has 134 valence electrons. The molecule has 0 unspecified atom stereocenters. The Morgan fingerprint density at radius 3 is 2.62 bits per heavy atom. The van der Waals surface area contributed by atoms with Crippen LogP contribution in [0.5, 0.6) is 0 Å². The lowest BCUT2D eigenvalue weighted by atomic mass is 9.99. The van der Waals surface area contributed by atoms with Gasteiger partial charge in [0.1, 0.15) is 0 Å². The number of hydrogen-bond acceptors (Lipinski definition) is 4. The summed E-state index contributed by atoms with van der Waals surface area (Å²) >= 11 is 0. The lowest BCUT2D eigenvalue weighted by molar-refractivity contribution is 0.726. The number of nitriles is 1. The van der Waals surface area contributed by atoms with E-state index in [9.17, 15) is 0 Å². The smallest absolute Gasteiger partial charge is 0.0994 e. The first kappa shape index (κ1) is 19.4. The van der Waals surface area contributed by atoms with Crippen molar-refractivity contribution in [2.45, 2.75) is 33.7 Å². The molecule has 0 heterocycles. The summed E-state index contributed by atoms with van der Waals surface area (Å²) in [7, 11) is 0. The van der Waals surface area contributed by atoms with E-state index < -0.39 is 0 Å². The van der Waals surface area contributed by atoms with Crippen LogP contribution in [0.3, 0.4) is 0 Å². The average Bonchev–Trinajstić information content (AvgIpc) is 2.62. The minimum atomic E-state index is 0.446. The minimum absolute atomic E-state index is 0.446. The number of allylic oxidation sites excluding steroid dienone is 1. The Kier molecular flexibility index (Phi) is 6.71. The van der Waals surface area contributed by atoms with Crippen molar-refractivity contribution in [2.75, 3.05) is 11.9 Å². The van der Waals surface area contributed by atoms with E-state index in [2.05, 4.69) is 36.3 Å². The summed E-state index contributed by atoms with van der Waals surface area (Å²) in [6.45, 7) is 11.7. The van der Waals surface area contributed by atoms with E-state index >= 15 is 0 Å². The molecule has 0 atom stereocenters. The second-order valence-electron chi connectivity index (χ2n) is 6.42. The van der Waals surface area contributed by atoms with Gasteiger partial charge in [-0.3, -0.25) is 0 Å². The van der Waals surface area contributed by atoms with Crippen LogP contribution < -0.4 is 10.6 Å². The molecule has 2 rings (SSSR count). The van der Waals surface area contributed by atoms with Crippen molar-refractivity contribution in [2.24, 2.45) is 0 Å². The van der Waals surface area contributed by atoms with Crippen LogP contribution >= 0.6 is 0 Å². The van der Waals surface area contributed by atoms with Crippen molar-refractivity contribution in [3.63, 3.8) is 0 Å². The molecule has 4 heteroatoms. The molecule has 0 aliphatic rings. The van der Waals surface area contributed by atoms with E-state index in [0.29, 0.717) is 17.7 Å². The molecule has 0 aromatic heterocycles. The number of anilines is 1. The maximum atomic E-state index is 9.13. The van der Waals surface area contributed by atoms with Gasteiger partial charge in [0.2, 0.25) is 0 Å². The highest BCUT2D eigenvalue weighted by Gasteiger charge is 2.10. The summed E-state index contributed by atoms with van der Waals surface area (Å²) in [5.41, 5.74) is 6.91. The standard InChI is InChI=1S/C22H26N4/c1-5-25-14-18-8-6-7-9-20(18)21(24)12-17(4)26-22-11-15(2)19(13-23)10-16(22)3/h6-11,24-26H,4-5,12,14H2,1-3H3. The fourth-order valence-electron chi connectivity index (χ4n) is 2.84. The van der Waals surface area contributed by atoms with Gasteiger partial charge >= 0.3 is 0 Å². The monoisotopic (exact) mass is 346 g/mol. The molecule has 0 saturated carbocycles. The Morgan fingerprint density at radius 1 is 1.19 bits per heavy atom. The molecular weight excluding hydrogens is 320 g/mol. The molecule has 0 spiro atoms. The maximum Gasteiger partial charge on any atom is 0.0994 e. The topological polar surface area (TPSA) is 71.7 Å². The normalized spacial score (nSPS) is 10.2. The van der Waals surface area contributed by atoms with Gasteiger partial charge in [0.05, 0.1) is 11.6 Å². The van der Waals surface area contributed by atoms with E-state index in [0.717, 1.165) is 46.7 Å². The molecular formula is C22H26N4. The first-order valence-corrected chi connectivity index (χ1v) is 8.78. The fraction of sp³-hybridized carbons (Fsp3) is 0.273. The van der Waals surface area contributed by atoms with Gasteiger partial charge in [-0.2, -0.15) is 5.26 Å². The van der Waals surface area contributed by atoms with Gasteiger partial charge in [0.25, 0.3) is 0 Å². The van der Waals surface area contributed by atoms with Gasteiger partial charge in [-0.15, -0.1) is 0 Å². The zero-order chi connectivity index (χ0) is 19.1. The van der Waals surface area contributed by atoms with E-state index in [1.165, 1.54) is 0 Å². The van der Waals surface area contributed by atoms with Gasteiger partial charge in [0.15, 0.2) is 0 Å². The van der Waals surface area contributed by atoms with E-state index in [-0.39, 0.29) is 0 Å². The third kappa shape index (κ3) is 4.81. The van der Waals surface area contributed by atoms with Crippen LogP contribution in [0.2, 0.25) is 0 Å². The van der Waals surface area contributed by atoms with Crippen molar-refractivity contribution >= 4 is 11.4 Å². The van der Waals surface area contributed by atoms with Crippen LogP contribution in [0.25, 0.3) is 0 Å². The van der Waals surface area contributed by atoms with E-state index in [1.807, 2.05) is 44.2 Å². The van der Waals surface area contributed by atoms with Crippen LogP contribution in [-0.2, 0) is 6.54 Å². The molecule has 0 fully saturated rings. The van der Waals surface area contributed by atoms with Crippen LogP contribution in [-0.4, -0.2) is 12.3 Å². The molecule has 0 aliphatic carbocycles. The lowest BCUT2D eigenvalue weighted by Gasteiger charge is -2.16. The predicted molar refractivity (Wildman–Crippen MR) is 109 cm³/mol. The van der Waals surface area contributed by atoms with Crippen molar-refractivity contribution in [1.82, 2.24) is 5.32 Å². The Morgan fingerprint density at radius 2 is 1.92 bits per heavy atom. The van der Waals surface area contributed by atoms with Gasteiger partial charge in [-0.05, 0) is 49.2 Å². The molecule has 0 radical (unpaired) electrons. The summed E-state index contributed by atoms with van der Waals surface area (Å²) in [4.78, 5) is 0. The maximum absolute atomic E-state index is 9.13. The highest BCUT2D eigenvalue weighted by atomic mass is 14.9. The largest absolute Gasteiger partial charge is 0.359 e. The number of hydrogen-bond donors (Lipinski definition) is 3. The predicted octanol–water partition coefficient (Wildman–Crippen LogP) is 4.67. The number of benzene rings is 2. The molecule has 26 heavy (non-hydrogen) atoms. The molecule has 0 aliphatic heterocycles. The molecule has 0 saturated heterocycles. The van der Waals surface area contributed by atoms with Crippen molar-refractivity contribution in [3.05, 3.63) is 76.5 Å². The molecule has 2 aromatic carbocycles. The quantitative estimate of drug-likeness (QED) is 0.608. The molecule has 3 N–H and O–H groups in total. The highest BCUT2D eigenvalue weighted by molar-refractivity contribution is 6.01. The summed E-state index contributed by atoms with van der Waals surface area (Å²) in [5.74, 6) is 0. The summed E-state index contributed by atoms with van der Waals surface area (Å²) in [5, 5.41) is 24.2. The first-order chi connectivity index (χ1) is 12.5. The van der Waals surface area contributed by atoms with E-state index in [1.54, 1.807) is 0 Å². The Balaban J connectivity index is 2.10. The Hall–Kier alpha value is -2.90. The second-order valence-corrected chi connectivity index (χ2v) is 6.42. The zero-order valence-electron chi connectivity index (χ0n) is 15.7. The SMILES string of the molecule is C=C(CC(=N)c1ccccc1CNCC)Nc1cc(C)c(C#N)cc1C. The van der Waals surface area contributed by atoms with Crippen LogP contribution in [0.15, 0.2) is 48.7 Å². The lowest BCUT2D eigenvalue weighted by Crippen LogP contribution is -2.16. The number of aryl methyl sites for hydroxylation is 2. The van der Waals surface area contributed by atoms with Crippen molar-refractivity contribution < 1.29 is 0 Å². The first-order valence-electron chi connectivity index (χ1n) is 8.78. The number of rotatable bonds is 8. The Labute approximate surface area is 156 Å². The second kappa shape index (κ2) is 8.98. The van der Waals surface area contributed by atoms with Crippen molar-refractivity contribution in [1.29, 1.82) is 10.7 Å². The molecule has 2 aromatic rings. The third-order valence-corrected chi connectivity index (χ3v) is 4.30. The number of nitrogens with zero attached hydrogens (tertiary/aromatic N) is 1. The fourth-order valence-corrected chi connectivity index (χ4v) is 2.84. The average molecular weight is 346 g/mol. The molecule has 0 amide bonds. The zero-order valence-corrected chi connectivity index (χ0v) is 15.7. The van der Waals surface area contributed by atoms with Crippen LogP contribution in [0.4, 0.5) is 5.69 Å². The third-order valence-electron chi connectivity index (χ3n) is 4.30. The Bertz CT molecular complexity index is 859. The summed E-state index contributed by atoms with van der Waals surface area (Å²) < 4.78 is 0. The summed E-state index contributed by atoms with van der Waals surface area (Å²) in [6.07, 6.45) is 0.446. The van der Waals surface area contributed by atoms with Gasteiger partial charge in [-0.1, -0.05) is 37.8 Å². The van der Waals surface area contributed by atoms with Gasteiger partial charge in [-0.25, -0.2) is 0 Å². The van der Waals surface area contributed by atoms with E-state index in [4.69, 9.17) is 10.7 Å². The van der Waals surface area contributed by atoms with Gasteiger partial charge < -0.3 is 16.0 Å².